The zero-order valence-electron chi connectivity index (χ0n) is 12.0. The summed E-state index contributed by atoms with van der Waals surface area (Å²) in [4.78, 5) is 24.2. The van der Waals surface area contributed by atoms with Gasteiger partial charge in [0, 0.05) is 18.7 Å². The van der Waals surface area contributed by atoms with Crippen LogP contribution in [0.25, 0.3) is 0 Å². The molecule has 0 aliphatic carbocycles. The molecule has 2 aliphatic heterocycles. The molecule has 1 aromatic carbocycles. The van der Waals surface area contributed by atoms with Crippen molar-refractivity contribution in [2.45, 2.75) is 25.2 Å². The molecule has 0 bridgehead atoms. The third-order valence-corrected chi connectivity index (χ3v) is 4.28. The second-order valence-electron chi connectivity index (χ2n) is 5.85. The zero-order chi connectivity index (χ0) is 14.7. The Bertz CT molecular complexity index is 538. The lowest BCUT2D eigenvalue weighted by molar-refractivity contribution is -0.126. The van der Waals surface area contributed by atoms with Gasteiger partial charge >= 0.3 is 0 Å². The van der Waals surface area contributed by atoms with E-state index in [-0.39, 0.29) is 24.2 Å². The molecule has 1 saturated heterocycles. The first-order chi connectivity index (χ1) is 10.2. The van der Waals surface area contributed by atoms with Crippen molar-refractivity contribution in [1.82, 2.24) is 10.6 Å². The maximum atomic E-state index is 12.4. The molecule has 0 radical (unpaired) electrons. The molecule has 1 fully saturated rings. The van der Waals surface area contributed by atoms with Crippen molar-refractivity contribution in [3.05, 3.63) is 29.8 Å². The number of hydrogen-bond acceptors (Lipinski definition) is 3. The molecule has 2 atom stereocenters. The van der Waals surface area contributed by atoms with Crippen molar-refractivity contribution < 1.29 is 9.59 Å². The number of carbonyl (C=O) groups is 2. The number of amides is 2. The maximum Gasteiger partial charge on any atom is 0.228 e. The van der Waals surface area contributed by atoms with Crippen molar-refractivity contribution in [2.24, 2.45) is 5.92 Å². The highest BCUT2D eigenvalue weighted by Crippen LogP contribution is 2.32. The van der Waals surface area contributed by atoms with E-state index in [9.17, 15) is 9.59 Å². The molecule has 3 N–H and O–H groups in total. The second kappa shape index (κ2) is 6.26. The molecule has 5 nitrogen and oxygen atoms in total. The topological polar surface area (TPSA) is 70.2 Å². The van der Waals surface area contributed by atoms with Crippen LogP contribution in [0.15, 0.2) is 24.3 Å². The van der Waals surface area contributed by atoms with Gasteiger partial charge in [0.05, 0.1) is 5.92 Å². The van der Waals surface area contributed by atoms with Gasteiger partial charge in [0.15, 0.2) is 0 Å². The minimum Gasteiger partial charge on any atom is -0.355 e. The minimum absolute atomic E-state index is 0.0390. The van der Waals surface area contributed by atoms with Gasteiger partial charge in [-0.1, -0.05) is 18.2 Å². The molecule has 3 rings (SSSR count). The predicted octanol–water partition coefficient (Wildman–Crippen LogP) is 1.23. The molecule has 1 aromatic rings. The number of para-hydroxylation sites is 1. The van der Waals surface area contributed by atoms with E-state index in [0.717, 1.165) is 37.2 Å². The molecule has 2 heterocycles. The van der Waals surface area contributed by atoms with Gasteiger partial charge < -0.3 is 16.0 Å². The number of benzene rings is 1. The van der Waals surface area contributed by atoms with Crippen LogP contribution in [-0.4, -0.2) is 31.4 Å². The molecule has 2 aliphatic rings. The van der Waals surface area contributed by atoms with Crippen molar-refractivity contribution in [1.29, 1.82) is 0 Å². The third-order valence-electron chi connectivity index (χ3n) is 4.28. The van der Waals surface area contributed by atoms with Crippen molar-refractivity contribution >= 4 is 17.5 Å². The predicted molar refractivity (Wildman–Crippen MR) is 81.0 cm³/mol. The lowest BCUT2D eigenvalue weighted by atomic mass is 9.89. The molecular weight excluding hydrogens is 266 g/mol. The number of carbonyl (C=O) groups excluding carboxylic acids is 2. The fourth-order valence-corrected chi connectivity index (χ4v) is 3.11. The Morgan fingerprint density at radius 2 is 2.19 bits per heavy atom. The Hall–Kier alpha value is -1.88. The number of anilines is 1. The average molecular weight is 287 g/mol. The first kappa shape index (κ1) is 14.1. The molecule has 2 amide bonds. The van der Waals surface area contributed by atoms with Crippen molar-refractivity contribution in [2.75, 3.05) is 25.0 Å². The quantitative estimate of drug-likeness (QED) is 0.783. The van der Waals surface area contributed by atoms with E-state index in [2.05, 4.69) is 16.0 Å². The summed E-state index contributed by atoms with van der Waals surface area (Å²) in [6.07, 6.45) is 2.54. The Morgan fingerprint density at radius 1 is 1.33 bits per heavy atom. The fraction of sp³-hybridized carbons (Fsp3) is 0.500. The van der Waals surface area contributed by atoms with Crippen LogP contribution in [0.1, 0.15) is 30.7 Å². The van der Waals surface area contributed by atoms with Crippen LogP contribution >= 0.6 is 0 Å². The normalized spacial score (nSPS) is 24.9. The fourth-order valence-electron chi connectivity index (χ4n) is 3.11. The van der Waals surface area contributed by atoms with E-state index >= 15 is 0 Å². The SMILES string of the molecule is O=C1CC(C(=O)NCC2CCCNC2)c2ccccc2N1. The summed E-state index contributed by atoms with van der Waals surface area (Å²) in [7, 11) is 0. The van der Waals surface area contributed by atoms with Gasteiger partial charge in [0.1, 0.15) is 0 Å². The zero-order valence-corrected chi connectivity index (χ0v) is 12.0. The number of rotatable bonds is 3. The Balaban J connectivity index is 1.65. The van der Waals surface area contributed by atoms with Crippen LogP contribution in [0.2, 0.25) is 0 Å². The van der Waals surface area contributed by atoms with Gasteiger partial charge in [-0.25, -0.2) is 0 Å². The molecule has 112 valence electrons. The van der Waals surface area contributed by atoms with Gasteiger partial charge in [-0.3, -0.25) is 9.59 Å². The number of fused-ring (bicyclic) bond motifs is 1. The van der Waals surface area contributed by atoms with Gasteiger partial charge in [0.2, 0.25) is 11.8 Å². The monoisotopic (exact) mass is 287 g/mol. The van der Waals surface area contributed by atoms with E-state index < -0.39 is 0 Å². The highest BCUT2D eigenvalue weighted by atomic mass is 16.2. The molecule has 0 aromatic heterocycles. The van der Waals surface area contributed by atoms with Crippen LogP contribution in [0, 0.1) is 5.92 Å². The van der Waals surface area contributed by atoms with E-state index in [0.29, 0.717) is 12.5 Å². The van der Waals surface area contributed by atoms with Gasteiger partial charge in [0.25, 0.3) is 0 Å². The smallest absolute Gasteiger partial charge is 0.228 e. The van der Waals surface area contributed by atoms with Gasteiger partial charge in [-0.05, 0) is 43.5 Å². The van der Waals surface area contributed by atoms with Crippen LogP contribution in [-0.2, 0) is 9.59 Å². The Morgan fingerprint density at radius 3 is 3.00 bits per heavy atom. The van der Waals surface area contributed by atoms with E-state index in [1.807, 2.05) is 24.3 Å². The first-order valence-corrected chi connectivity index (χ1v) is 7.61. The lowest BCUT2D eigenvalue weighted by Gasteiger charge is -2.27. The van der Waals surface area contributed by atoms with E-state index in [4.69, 9.17) is 0 Å². The van der Waals surface area contributed by atoms with Crippen LogP contribution in [0.5, 0.6) is 0 Å². The molecular formula is C16H21N3O2. The Kier molecular flexibility index (Phi) is 4.20. The van der Waals surface area contributed by atoms with Crippen molar-refractivity contribution in [3.63, 3.8) is 0 Å². The summed E-state index contributed by atoms with van der Waals surface area (Å²) < 4.78 is 0. The van der Waals surface area contributed by atoms with Crippen molar-refractivity contribution in [3.8, 4) is 0 Å². The number of hydrogen-bond donors (Lipinski definition) is 3. The van der Waals surface area contributed by atoms with Gasteiger partial charge in [-0.2, -0.15) is 0 Å². The summed E-state index contributed by atoms with van der Waals surface area (Å²) in [6, 6.07) is 7.54. The standard InChI is InChI=1S/C16H21N3O2/c20-15-8-13(12-5-1-2-6-14(12)19-15)16(21)18-10-11-4-3-7-17-9-11/h1-2,5-6,11,13,17H,3-4,7-10H2,(H,18,21)(H,19,20). The summed E-state index contributed by atoms with van der Waals surface area (Å²) in [6.45, 7) is 2.72. The second-order valence-corrected chi connectivity index (χ2v) is 5.85. The Labute approximate surface area is 124 Å². The van der Waals surface area contributed by atoms with E-state index in [1.165, 1.54) is 0 Å². The number of piperidine rings is 1. The minimum atomic E-state index is -0.369. The highest BCUT2D eigenvalue weighted by Gasteiger charge is 2.30. The summed E-state index contributed by atoms with van der Waals surface area (Å²) in [5.74, 6) is -0.00193. The van der Waals surface area contributed by atoms with Gasteiger partial charge in [-0.15, -0.1) is 0 Å². The van der Waals surface area contributed by atoms with Crippen LogP contribution < -0.4 is 16.0 Å². The first-order valence-electron chi connectivity index (χ1n) is 7.61. The van der Waals surface area contributed by atoms with E-state index in [1.54, 1.807) is 0 Å². The molecule has 21 heavy (non-hydrogen) atoms. The lowest BCUT2D eigenvalue weighted by Crippen LogP contribution is -2.41. The summed E-state index contributed by atoms with van der Waals surface area (Å²) >= 11 is 0. The molecule has 2 unspecified atom stereocenters. The molecule has 5 heteroatoms. The molecule has 0 saturated carbocycles. The molecule has 0 spiro atoms. The maximum absolute atomic E-state index is 12.4. The van der Waals surface area contributed by atoms with Crippen LogP contribution in [0.3, 0.4) is 0 Å². The average Bonchev–Trinajstić information content (AvgIpc) is 2.52. The summed E-state index contributed by atoms with van der Waals surface area (Å²) in [5, 5.41) is 9.19. The number of nitrogens with one attached hydrogen (secondary N) is 3. The summed E-state index contributed by atoms with van der Waals surface area (Å²) in [5.41, 5.74) is 1.67. The van der Waals surface area contributed by atoms with Crippen LogP contribution in [0.4, 0.5) is 5.69 Å². The highest BCUT2D eigenvalue weighted by molar-refractivity contribution is 6.01. The third kappa shape index (κ3) is 3.24. The largest absolute Gasteiger partial charge is 0.355 e.